The van der Waals surface area contributed by atoms with Crippen LogP contribution in [0.2, 0.25) is 0 Å². The summed E-state index contributed by atoms with van der Waals surface area (Å²) in [6.07, 6.45) is 9.04. The predicted molar refractivity (Wildman–Crippen MR) is 126 cm³/mol. The molecule has 3 aromatic rings. The van der Waals surface area contributed by atoms with E-state index in [1.807, 2.05) is 46.1 Å². The minimum atomic E-state index is -0.412. The lowest BCUT2D eigenvalue weighted by molar-refractivity contribution is 0.0793. The first-order valence-corrected chi connectivity index (χ1v) is 11.4. The molecule has 3 heterocycles. The SMILES string of the molecule is [C-]#[N+]C1CC(CC#N)(n2cc(-c3ccnc(Nc4ccc(C(=O)N5CCCC5)cc4)n3)cn2)C1. The summed E-state index contributed by atoms with van der Waals surface area (Å²) >= 11 is 0. The van der Waals surface area contributed by atoms with Crippen LogP contribution in [0.3, 0.4) is 0 Å². The van der Waals surface area contributed by atoms with Gasteiger partial charge in [-0.05, 0) is 43.2 Å². The molecular formula is C25H24N8O. The summed E-state index contributed by atoms with van der Waals surface area (Å²) in [4.78, 5) is 26.9. The fourth-order valence-corrected chi connectivity index (χ4v) is 4.69. The fraction of sp³-hybridized carbons (Fsp3) is 0.360. The van der Waals surface area contributed by atoms with Gasteiger partial charge >= 0.3 is 0 Å². The van der Waals surface area contributed by atoms with Crippen LogP contribution in [0.15, 0.2) is 48.9 Å². The van der Waals surface area contributed by atoms with Crippen molar-refractivity contribution in [2.45, 2.75) is 43.7 Å². The zero-order valence-corrected chi connectivity index (χ0v) is 18.7. The van der Waals surface area contributed by atoms with Gasteiger partial charge in [0.25, 0.3) is 5.91 Å². The number of nitrogens with one attached hydrogen (secondary N) is 1. The summed E-state index contributed by atoms with van der Waals surface area (Å²) in [6, 6.07) is 11.4. The zero-order valence-electron chi connectivity index (χ0n) is 18.7. The second-order valence-electron chi connectivity index (χ2n) is 8.89. The highest BCUT2D eigenvalue weighted by Gasteiger charge is 2.50. The molecular weight excluding hydrogens is 428 g/mol. The van der Waals surface area contributed by atoms with Gasteiger partial charge in [0.2, 0.25) is 12.0 Å². The van der Waals surface area contributed by atoms with E-state index in [2.05, 4.69) is 31.3 Å². The van der Waals surface area contributed by atoms with Crippen LogP contribution in [-0.4, -0.2) is 49.7 Å². The molecule has 9 nitrogen and oxygen atoms in total. The van der Waals surface area contributed by atoms with E-state index < -0.39 is 5.54 Å². The Bertz CT molecular complexity index is 1270. The molecule has 34 heavy (non-hydrogen) atoms. The van der Waals surface area contributed by atoms with Crippen molar-refractivity contribution in [2.24, 2.45) is 0 Å². The molecule has 0 spiro atoms. The van der Waals surface area contributed by atoms with Crippen LogP contribution in [0.25, 0.3) is 16.1 Å². The van der Waals surface area contributed by atoms with Crippen molar-refractivity contribution >= 4 is 17.5 Å². The third kappa shape index (κ3) is 4.08. The molecule has 5 rings (SSSR count). The van der Waals surface area contributed by atoms with E-state index in [1.54, 1.807) is 12.4 Å². The van der Waals surface area contributed by atoms with Gasteiger partial charge in [-0.1, -0.05) is 0 Å². The third-order valence-electron chi connectivity index (χ3n) is 6.62. The van der Waals surface area contributed by atoms with Crippen LogP contribution in [0, 0.1) is 17.9 Å². The average molecular weight is 453 g/mol. The number of carbonyl (C=O) groups excluding carboxylic acids is 1. The number of rotatable bonds is 6. The summed E-state index contributed by atoms with van der Waals surface area (Å²) in [5.74, 6) is 0.509. The molecule has 1 aromatic carbocycles. The van der Waals surface area contributed by atoms with Crippen LogP contribution >= 0.6 is 0 Å². The largest absolute Gasteiger partial charge is 0.339 e. The van der Waals surface area contributed by atoms with E-state index in [1.165, 1.54) is 0 Å². The molecule has 0 unspecified atom stereocenters. The number of hydrogen-bond acceptors (Lipinski definition) is 6. The van der Waals surface area contributed by atoms with Gasteiger partial charge in [0, 0.05) is 55.1 Å². The summed E-state index contributed by atoms with van der Waals surface area (Å²) in [7, 11) is 0. The van der Waals surface area contributed by atoms with E-state index in [9.17, 15) is 10.1 Å². The molecule has 1 N–H and O–H groups in total. The van der Waals surface area contributed by atoms with Gasteiger partial charge in [0.1, 0.15) is 0 Å². The smallest absolute Gasteiger partial charge is 0.253 e. The van der Waals surface area contributed by atoms with Crippen molar-refractivity contribution in [2.75, 3.05) is 18.4 Å². The fourth-order valence-electron chi connectivity index (χ4n) is 4.69. The number of carbonyl (C=O) groups is 1. The minimum absolute atomic E-state index is 0.0483. The molecule has 1 aliphatic heterocycles. The highest BCUT2D eigenvalue weighted by atomic mass is 16.2. The number of aromatic nitrogens is 4. The number of benzene rings is 1. The topological polar surface area (TPSA) is 104 Å². The molecule has 0 radical (unpaired) electrons. The summed E-state index contributed by atoms with van der Waals surface area (Å²) in [5, 5.41) is 17.0. The van der Waals surface area contributed by atoms with Crippen molar-refractivity contribution in [3.05, 3.63) is 65.9 Å². The Hall–Kier alpha value is -4.24. The van der Waals surface area contributed by atoms with E-state index in [0.717, 1.165) is 37.2 Å². The zero-order chi connectivity index (χ0) is 23.5. The maximum atomic E-state index is 12.5. The predicted octanol–water partition coefficient (Wildman–Crippen LogP) is 4.01. The maximum Gasteiger partial charge on any atom is 0.253 e. The Balaban J connectivity index is 1.30. The molecule has 0 atom stereocenters. The van der Waals surface area contributed by atoms with Crippen molar-refractivity contribution in [1.29, 1.82) is 5.26 Å². The van der Waals surface area contributed by atoms with E-state index in [-0.39, 0.29) is 11.9 Å². The second kappa shape index (κ2) is 8.95. The molecule has 1 saturated carbocycles. The van der Waals surface area contributed by atoms with Crippen molar-refractivity contribution in [3.63, 3.8) is 0 Å². The normalized spacial score (nSPS) is 21.4. The van der Waals surface area contributed by atoms with Crippen LogP contribution in [0.4, 0.5) is 11.6 Å². The molecule has 2 aromatic heterocycles. The van der Waals surface area contributed by atoms with Gasteiger partial charge in [-0.15, -0.1) is 0 Å². The average Bonchev–Trinajstić information content (AvgIpc) is 3.54. The second-order valence-corrected chi connectivity index (χ2v) is 8.89. The van der Waals surface area contributed by atoms with Gasteiger partial charge in [-0.3, -0.25) is 9.48 Å². The van der Waals surface area contributed by atoms with E-state index >= 15 is 0 Å². The Morgan fingerprint density at radius 1 is 1.24 bits per heavy atom. The first-order chi connectivity index (χ1) is 16.6. The number of anilines is 2. The lowest BCUT2D eigenvalue weighted by Crippen LogP contribution is -2.48. The quantitative estimate of drug-likeness (QED) is 0.567. The van der Waals surface area contributed by atoms with Crippen molar-refractivity contribution in [1.82, 2.24) is 24.6 Å². The van der Waals surface area contributed by atoms with Gasteiger partial charge in [-0.25, -0.2) is 16.5 Å². The van der Waals surface area contributed by atoms with Gasteiger partial charge < -0.3 is 15.1 Å². The van der Waals surface area contributed by atoms with Crippen LogP contribution in [0.1, 0.15) is 42.5 Å². The number of amides is 1. The number of likely N-dealkylation sites (tertiary alicyclic amines) is 1. The summed E-state index contributed by atoms with van der Waals surface area (Å²) in [6.45, 7) is 8.88. The lowest BCUT2D eigenvalue weighted by Gasteiger charge is -2.40. The molecule has 2 fully saturated rings. The first kappa shape index (κ1) is 21.6. The maximum absolute atomic E-state index is 12.5. The van der Waals surface area contributed by atoms with E-state index in [4.69, 9.17) is 6.57 Å². The summed E-state index contributed by atoms with van der Waals surface area (Å²) in [5.41, 5.74) is 2.58. The highest BCUT2D eigenvalue weighted by Crippen LogP contribution is 2.44. The Morgan fingerprint density at radius 3 is 2.71 bits per heavy atom. The van der Waals surface area contributed by atoms with Crippen LogP contribution in [-0.2, 0) is 5.54 Å². The Kier molecular flexibility index (Phi) is 5.69. The van der Waals surface area contributed by atoms with Crippen LogP contribution in [0.5, 0.6) is 0 Å². The van der Waals surface area contributed by atoms with Crippen molar-refractivity contribution < 1.29 is 4.79 Å². The third-order valence-corrected chi connectivity index (χ3v) is 6.62. The van der Waals surface area contributed by atoms with Gasteiger partial charge in [0.15, 0.2) is 0 Å². The van der Waals surface area contributed by atoms with Gasteiger partial charge in [-0.2, -0.15) is 10.4 Å². The molecule has 1 amide bonds. The molecule has 2 aliphatic rings. The lowest BCUT2D eigenvalue weighted by atomic mass is 9.71. The standard InChI is InChI=1S/C25H24N8O/c1-27-21-14-25(15-21,9-10-26)33-17-19(16-29-33)22-8-11-28-24(31-22)30-20-6-4-18(5-7-20)23(34)32-12-2-3-13-32/h4-8,11,16-17,21H,2-3,9,12-15H2,(H,28,30,31). The Morgan fingerprint density at radius 2 is 2.00 bits per heavy atom. The molecule has 170 valence electrons. The first-order valence-electron chi connectivity index (χ1n) is 11.4. The molecule has 9 heteroatoms. The van der Waals surface area contributed by atoms with Crippen LogP contribution < -0.4 is 5.32 Å². The van der Waals surface area contributed by atoms with E-state index in [0.29, 0.717) is 36.5 Å². The van der Waals surface area contributed by atoms with Crippen molar-refractivity contribution in [3.8, 4) is 17.3 Å². The highest BCUT2D eigenvalue weighted by molar-refractivity contribution is 5.94. The number of nitrogens with zero attached hydrogens (tertiary/aromatic N) is 7. The molecule has 1 aliphatic carbocycles. The molecule has 0 bridgehead atoms. The minimum Gasteiger partial charge on any atom is -0.339 e. The number of nitriles is 1. The van der Waals surface area contributed by atoms with Gasteiger partial charge in [0.05, 0.1) is 29.9 Å². The Labute approximate surface area is 197 Å². The monoisotopic (exact) mass is 452 g/mol. The molecule has 1 saturated heterocycles. The summed E-state index contributed by atoms with van der Waals surface area (Å²) < 4.78 is 1.82. The number of hydrogen-bond donors (Lipinski definition) is 1.